The maximum Gasteiger partial charge on any atom is 0.327 e. The Morgan fingerprint density at radius 1 is 1.08 bits per heavy atom. The first kappa shape index (κ1) is 21.6. The van der Waals surface area contributed by atoms with Crippen molar-refractivity contribution in [1.82, 2.24) is 0 Å². The summed E-state index contributed by atoms with van der Waals surface area (Å²) in [4.78, 5) is 10.4. The zero-order valence-electron chi connectivity index (χ0n) is 15.4. The maximum absolute atomic E-state index is 10.4. The first-order chi connectivity index (χ1) is 11.7. The van der Waals surface area contributed by atoms with Gasteiger partial charge in [0.15, 0.2) is 0 Å². The third-order valence-electron chi connectivity index (χ3n) is 4.76. The molecule has 140 valence electrons. The minimum atomic E-state index is -0.846. The van der Waals surface area contributed by atoms with Crippen molar-refractivity contribution in [3.63, 3.8) is 0 Å². The molecule has 0 aromatic carbocycles. The van der Waals surface area contributed by atoms with Crippen LogP contribution in [0.5, 0.6) is 0 Å². The first-order valence-corrected chi connectivity index (χ1v) is 10.9. The number of hydrogen-bond donors (Lipinski definition) is 1. The molecule has 0 saturated carbocycles. The number of ether oxygens (including phenoxy) is 1. The lowest BCUT2D eigenvalue weighted by Gasteiger charge is -2.17. The highest BCUT2D eigenvalue weighted by Gasteiger charge is 2.27. The number of carboxylic acids is 1. The van der Waals surface area contributed by atoms with Crippen LogP contribution < -0.4 is 0 Å². The van der Waals surface area contributed by atoms with Gasteiger partial charge in [-0.05, 0) is 49.0 Å². The molecular weight excluding hydrogens is 320 g/mol. The molecule has 0 unspecified atom stereocenters. The van der Waals surface area contributed by atoms with E-state index in [0.29, 0.717) is 5.92 Å². The van der Waals surface area contributed by atoms with Gasteiger partial charge in [-0.25, -0.2) is 4.79 Å². The van der Waals surface area contributed by atoms with E-state index in [4.69, 9.17) is 9.84 Å². The Morgan fingerprint density at radius 2 is 1.83 bits per heavy atom. The molecular formula is C20H36O3S. The van der Waals surface area contributed by atoms with Crippen molar-refractivity contribution in [1.29, 1.82) is 0 Å². The van der Waals surface area contributed by atoms with E-state index in [1.54, 1.807) is 6.08 Å². The van der Waals surface area contributed by atoms with Crippen LogP contribution in [0.3, 0.4) is 0 Å². The number of aliphatic carboxylic acids is 1. The summed E-state index contributed by atoms with van der Waals surface area (Å²) in [7, 11) is 0. The second-order valence-corrected chi connectivity index (χ2v) is 8.08. The third kappa shape index (κ3) is 11.1. The van der Waals surface area contributed by atoms with Crippen LogP contribution in [0.2, 0.25) is 0 Å². The Bertz CT molecular complexity index is 344. The number of allylic oxidation sites excluding steroid dienone is 1. The fourth-order valence-corrected chi connectivity index (χ4v) is 4.46. The predicted octanol–water partition coefficient (Wildman–Crippen LogP) is 5.54. The van der Waals surface area contributed by atoms with Crippen molar-refractivity contribution in [3.05, 3.63) is 12.2 Å². The van der Waals surface area contributed by atoms with Crippen LogP contribution in [0.1, 0.15) is 71.1 Å². The molecule has 0 aromatic rings. The Balaban J connectivity index is 1.99. The van der Waals surface area contributed by atoms with Crippen LogP contribution in [0.15, 0.2) is 12.2 Å². The molecule has 1 aliphatic rings. The van der Waals surface area contributed by atoms with Gasteiger partial charge >= 0.3 is 5.97 Å². The van der Waals surface area contributed by atoms with Gasteiger partial charge in [0.2, 0.25) is 0 Å². The van der Waals surface area contributed by atoms with Crippen LogP contribution >= 0.6 is 11.8 Å². The summed E-state index contributed by atoms with van der Waals surface area (Å²) in [5.74, 6) is 3.14. The zero-order chi connectivity index (χ0) is 17.5. The normalized spacial score (nSPS) is 20.9. The Labute approximate surface area is 152 Å². The molecule has 1 heterocycles. The summed E-state index contributed by atoms with van der Waals surface area (Å²) in [5, 5.41) is 8.55. The minimum absolute atomic E-state index is 0.713. The number of carbonyl (C=O) groups is 1. The van der Waals surface area contributed by atoms with E-state index >= 15 is 0 Å². The third-order valence-corrected chi connectivity index (χ3v) is 6.00. The van der Waals surface area contributed by atoms with Crippen LogP contribution in [0.4, 0.5) is 0 Å². The van der Waals surface area contributed by atoms with E-state index in [9.17, 15) is 4.79 Å². The van der Waals surface area contributed by atoms with Gasteiger partial charge in [-0.1, -0.05) is 51.5 Å². The number of thioether (sulfide) groups is 1. The summed E-state index contributed by atoms with van der Waals surface area (Å²) in [6, 6.07) is 0. The molecule has 0 spiro atoms. The topological polar surface area (TPSA) is 46.5 Å². The monoisotopic (exact) mass is 356 g/mol. The quantitative estimate of drug-likeness (QED) is 0.309. The van der Waals surface area contributed by atoms with Crippen molar-refractivity contribution in [2.45, 2.75) is 71.1 Å². The smallest absolute Gasteiger partial charge is 0.327 e. The summed E-state index contributed by atoms with van der Waals surface area (Å²) >= 11 is 2.11. The molecule has 1 aliphatic heterocycles. The zero-order valence-corrected chi connectivity index (χ0v) is 16.2. The SMILES string of the molecule is CCCCCCCCSC[C@@H]1COC[C@@H]1CCCCC=CC(=O)O. The average molecular weight is 357 g/mol. The van der Waals surface area contributed by atoms with Crippen molar-refractivity contribution in [2.24, 2.45) is 11.8 Å². The van der Waals surface area contributed by atoms with Gasteiger partial charge in [0, 0.05) is 12.7 Å². The standard InChI is InChI=1S/C20H36O3S/c1-2-3-4-5-8-11-14-24-17-19-16-23-15-18(19)12-9-6-7-10-13-20(21)22/h10,13,18-19H,2-9,11-12,14-17H2,1H3,(H,21,22)/t18-,19-/m0/s1. The second kappa shape index (κ2) is 14.8. The number of rotatable bonds is 15. The Kier molecular flexibility index (Phi) is 13.3. The Morgan fingerprint density at radius 3 is 2.62 bits per heavy atom. The summed E-state index contributed by atoms with van der Waals surface area (Å²) < 4.78 is 5.70. The highest BCUT2D eigenvalue weighted by atomic mass is 32.2. The molecule has 24 heavy (non-hydrogen) atoms. The molecule has 1 saturated heterocycles. The van der Waals surface area contributed by atoms with E-state index < -0.39 is 5.97 Å². The number of unbranched alkanes of at least 4 members (excludes halogenated alkanes) is 7. The highest BCUT2D eigenvalue weighted by molar-refractivity contribution is 7.99. The second-order valence-electron chi connectivity index (χ2n) is 6.93. The maximum atomic E-state index is 10.4. The van der Waals surface area contributed by atoms with Gasteiger partial charge in [-0.2, -0.15) is 11.8 Å². The number of carboxylic acid groups (broad SMARTS) is 1. The molecule has 1 fully saturated rings. The van der Waals surface area contributed by atoms with E-state index in [-0.39, 0.29) is 0 Å². The van der Waals surface area contributed by atoms with Crippen molar-refractivity contribution in [2.75, 3.05) is 24.7 Å². The lowest BCUT2D eigenvalue weighted by Crippen LogP contribution is -2.15. The van der Waals surface area contributed by atoms with Gasteiger partial charge in [-0.3, -0.25) is 0 Å². The minimum Gasteiger partial charge on any atom is -0.478 e. The van der Waals surface area contributed by atoms with Gasteiger partial charge < -0.3 is 9.84 Å². The van der Waals surface area contributed by atoms with Crippen LogP contribution in [-0.4, -0.2) is 35.8 Å². The summed E-state index contributed by atoms with van der Waals surface area (Å²) in [6.07, 6.45) is 15.6. The van der Waals surface area contributed by atoms with Gasteiger partial charge in [-0.15, -0.1) is 0 Å². The Hall–Kier alpha value is -0.480. The molecule has 2 atom stereocenters. The molecule has 1 N–H and O–H groups in total. The van der Waals surface area contributed by atoms with Crippen LogP contribution in [-0.2, 0) is 9.53 Å². The highest BCUT2D eigenvalue weighted by Crippen LogP contribution is 2.29. The number of hydrogen-bond acceptors (Lipinski definition) is 3. The van der Waals surface area contributed by atoms with Crippen molar-refractivity contribution >= 4 is 17.7 Å². The van der Waals surface area contributed by atoms with E-state index in [1.807, 2.05) is 0 Å². The van der Waals surface area contributed by atoms with E-state index in [1.165, 1.54) is 68.9 Å². The van der Waals surface area contributed by atoms with Crippen LogP contribution in [0, 0.1) is 11.8 Å². The molecule has 0 radical (unpaired) electrons. The molecule has 4 heteroatoms. The van der Waals surface area contributed by atoms with Gasteiger partial charge in [0.1, 0.15) is 0 Å². The molecule has 1 rings (SSSR count). The van der Waals surface area contributed by atoms with Crippen LogP contribution in [0.25, 0.3) is 0 Å². The van der Waals surface area contributed by atoms with Gasteiger partial charge in [0.25, 0.3) is 0 Å². The molecule has 0 aliphatic carbocycles. The van der Waals surface area contributed by atoms with Crippen molar-refractivity contribution in [3.8, 4) is 0 Å². The fourth-order valence-electron chi connectivity index (χ4n) is 3.22. The van der Waals surface area contributed by atoms with Gasteiger partial charge in [0.05, 0.1) is 6.61 Å². The fraction of sp³-hybridized carbons (Fsp3) is 0.850. The molecule has 3 nitrogen and oxygen atoms in total. The molecule has 0 aromatic heterocycles. The lowest BCUT2D eigenvalue weighted by atomic mass is 9.92. The molecule has 0 amide bonds. The summed E-state index contributed by atoms with van der Waals surface area (Å²) in [5.41, 5.74) is 0. The van der Waals surface area contributed by atoms with E-state index in [0.717, 1.165) is 32.0 Å². The van der Waals surface area contributed by atoms with Crippen molar-refractivity contribution < 1.29 is 14.6 Å². The average Bonchev–Trinajstić information content (AvgIpc) is 3.00. The first-order valence-electron chi connectivity index (χ1n) is 9.79. The van der Waals surface area contributed by atoms with E-state index in [2.05, 4.69) is 18.7 Å². The summed E-state index contributed by atoms with van der Waals surface area (Å²) in [6.45, 7) is 4.13. The lowest BCUT2D eigenvalue weighted by molar-refractivity contribution is -0.131. The molecule has 0 bridgehead atoms. The predicted molar refractivity (Wildman–Crippen MR) is 104 cm³/mol. The largest absolute Gasteiger partial charge is 0.478 e.